The first kappa shape index (κ1) is 12.9. The van der Waals surface area contributed by atoms with Gasteiger partial charge in [-0.05, 0) is 12.5 Å². The molecule has 1 N–H and O–H groups in total. The van der Waals surface area contributed by atoms with Crippen LogP contribution in [-0.2, 0) is 0 Å². The Morgan fingerprint density at radius 3 is 2.85 bits per heavy atom. The normalized spacial score (nSPS) is 12.5. The van der Waals surface area contributed by atoms with E-state index >= 15 is 0 Å². The van der Waals surface area contributed by atoms with E-state index in [1.807, 2.05) is 43.3 Å². The summed E-state index contributed by atoms with van der Waals surface area (Å²) in [5, 5.41) is 7.58. The summed E-state index contributed by atoms with van der Waals surface area (Å²) in [6, 6.07) is 12.0. The maximum atomic E-state index is 6.09. The number of halogens is 1. The topological polar surface area (TPSA) is 55.1 Å². The molecule has 3 rings (SSSR count). The fraction of sp³-hybridized carbons (Fsp3) is 0.214. The number of anilines is 1. The molecule has 0 bridgehead atoms. The Hall–Kier alpha value is -2.14. The number of alkyl halides is 1. The summed E-state index contributed by atoms with van der Waals surface area (Å²) >= 11 is 6.09. The van der Waals surface area contributed by atoms with Crippen molar-refractivity contribution in [1.29, 1.82) is 0 Å². The van der Waals surface area contributed by atoms with Crippen molar-refractivity contribution < 1.29 is 0 Å². The zero-order valence-electron chi connectivity index (χ0n) is 11.0. The second-order valence-electron chi connectivity index (χ2n) is 4.52. The Balaban J connectivity index is 1.97. The van der Waals surface area contributed by atoms with Crippen LogP contribution in [0.25, 0.3) is 5.78 Å². The third-order valence-corrected chi connectivity index (χ3v) is 3.37. The van der Waals surface area contributed by atoms with Gasteiger partial charge in [-0.1, -0.05) is 30.3 Å². The van der Waals surface area contributed by atoms with Crippen LogP contribution in [0.15, 0.2) is 42.7 Å². The molecule has 0 aliphatic heterocycles. The van der Waals surface area contributed by atoms with Gasteiger partial charge in [0.1, 0.15) is 12.1 Å². The molecule has 5 nitrogen and oxygen atoms in total. The molecular weight excluding hydrogens is 274 g/mol. The molecule has 20 heavy (non-hydrogen) atoms. The SMILES string of the molecule is Cc1cc(NC(CCl)c2ccccc2)n2ncnc2n1. The van der Waals surface area contributed by atoms with E-state index in [2.05, 4.69) is 20.4 Å². The highest BCUT2D eigenvalue weighted by Crippen LogP contribution is 2.21. The molecule has 102 valence electrons. The van der Waals surface area contributed by atoms with Crippen LogP contribution in [-0.4, -0.2) is 25.5 Å². The molecule has 1 aromatic carbocycles. The summed E-state index contributed by atoms with van der Waals surface area (Å²) in [4.78, 5) is 8.43. The second kappa shape index (κ2) is 5.46. The molecule has 0 saturated carbocycles. The minimum atomic E-state index is 0.00654. The monoisotopic (exact) mass is 287 g/mol. The summed E-state index contributed by atoms with van der Waals surface area (Å²) in [6.45, 7) is 1.93. The van der Waals surface area contributed by atoms with E-state index in [1.54, 1.807) is 4.52 Å². The molecule has 0 spiro atoms. The lowest BCUT2D eigenvalue weighted by Gasteiger charge is -2.18. The summed E-state index contributed by atoms with van der Waals surface area (Å²) < 4.78 is 1.68. The Kier molecular flexibility index (Phi) is 3.52. The van der Waals surface area contributed by atoms with Crippen molar-refractivity contribution in [3.63, 3.8) is 0 Å². The number of fused-ring (bicyclic) bond motifs is 1. The maximum Gasteiger partial charge on any atom is 0.254 e. The second-order valence-corrected chi connectivity index (χ2v) is 4.83. The molecule has 0 aliphatic carbocycles. The largest absolute Gasteiger partial charge is 0.362 e. The van der Waals surface area contributed by atoms with Gasteiger partial charge >= 0.3 is 0 Å². The Morgan fingerprint density at radius 1 is 1.30 bits per heavy atom. The molecule has 6 heteroatoms. The van der Waals surface area contributed by atoms with Gasteiger partial charge in [0.15, 0.2) is 0 Å². The fourth-order valence-electron chi connectivity index (χ4n) is 2.11. The number of nitrogens with zero attached hydrogens (tertiary/aromatic N) is 4. The van der Waals surface area contributed by atoms with Crippen molar-refractivity contribution in [2.24, 2.45) is 0 Å². The molecule has 0 fully saturated rings. The highest BCUT2D eigenvalue weighted by atomic mass is 35.5. The van der Waals surface area contributed by atoms with Gasteiger partial charge in [0.25, 0.3) is 5.78 Å². The molecule has 0 amide bonds. The molecule has 0 saturated heterocycles. The predicted molar refractivity (Wildman–Crippen MR) is 79.0 cm³/mol. The molecule has 3 aromatic rings. The number of nitrogens with one attached hydrogen (secondary N) is 1. The van der Waals surface area contributed by atoms with Crippen molar-refractivity contribution in [2.75, 3.05) is 11.2 Å². The van der Waals surface area contributed by atoms with E-state index in [9.17, 15) is 0 Å². The van der Waals surface area contributed by atoms with E-state index in [4.69, 9.17) is 11.6 Å². The van der Waals surface area contributed by atoms with E-state index in [1.165, 1.54) is 6.33 Å². The minimum Gasteiger partial charge on any atom is -0.362 e. The molecule has 2 heterocycles. The van der Waals surface area contributed by atoms with E-state index in [0.29, 0.717) is 11.7 Å². The standard InChI is InChI=1S/C14H14ClN5/c1-10-7-13(20-14(18-10)16-9-17-20)19-12(8-15)11-5-3-2-4-6-11/h2-7,9,12,19H,8H2,1H3. The molecule has 1 atom stereocenters. The Bertz CT molecular complexity index is 710. The number of rotatable bonds is 4. The third kappa shape index (κ3) is 2.44. The maximum absolute atomic E-state index is 6.09. The van der Waals surface area contributed by atoms with Gasteiger partial charge in [-0.25, -0.2) is 4.98 Å². The fourth-order valence-corrected chi connectivity index (χ4v) is 2.36. The van der Waals surface area contributed by atoms with Gasteiger partial charge in [-0.2, -0.15) is 14.6 Å². The Labute approximate surface area is 121 Å². The molecule has 0 radical (unpaired) electrons. The van der Waals surface area contributed by atoms with Crippen LogP contribution in [0.1, 0.15) is 17.3 Å². The molecular formula is C14H14ClN5. The summed E-state index contributed by atoms with van der Waals surface area (Å²) in [5.74, 6) is 1.87. The first-order valence-corrected chi connectivity index (χ1v) is 6.86. The van der Waals surface area contributed by atoms with Crippen LogP contribution < -0.4 is 5.32 Å². The summed E-state index contributed by atoms with van der Waals surface area (Å²) in [7, 11) is 0. The first-order chi connectivity index (χ1) is 9.78. The van der Waals surface area contributed by atoms with Gasteiger partial charge in [-0.15, -0.1) is 11.6 Å². The summed E-state index contributed by atoms with van der Waals surface area (Å²) in [6.07, 6.45) is 1.49. The van der Waals surface area contributed by atoms with E-state index in [-0.39, 0.29) is 6.04 Å². The van der Waals surface area contributed by atoms with Crippen LogP contribution in [0.4, 0.5) is 5.82 Å². The van der Waals surface area contributed by atoms with Gasteiger partial charge in [0.2, 0.25) is 0 Å². The predicted octanol–water partition coefficient (Wildman–Crippen LogP) is 2.82. The number of aromatic nitrogens is 4. The lowest BCUT2D eigenvalue weighted by Crippen LogP contribution is -2.15. The number of hydrogen-bond donors (Lipinski definition) is 1. The highest BCUT2D eigenvalue weighted by molar-refractivity contribution is 6.18. The minimum absolute atomic E-state index is 0.00654. The highest BCUT2D eigenvalue weighted by Gasteiger charge is 2.13. The lowest BCUT2D eigenvalue weighted by atomic mass is 10.1. The van der Waals surface area contributed by atoms with Crippen LogP contribution in [0.2, 0.25) is 0 Å². The van der Waals surface area contributed by atoms with Crippen LogP contribution in [0, 0.1) is 6.92 Å². The smallest absolute Gasteiger partial charge is 0.254 e. The third-order valence-electron chi connectivity index (χ3n) is 3.06. The average Bonchev–Trinajstić information content (AvgIpc) is 2.93. The van der Waals surface area contributed by atoms with Crippen molar-refractivity contribution >= 4 is 23.2 Å². The van der Waals surface area contributed by atoms with Gasteiger partial charge in [-0.3, -0.25) is 0 Å². The van der Waals surface area contributed by atoms with Crippen molar-refractivity contribution in [3.05, 3.63) is 54.0 Å². The average molecular weight is 288 g/mol. The number of benzene rings is 1. The first-order valence-electron chi connectivity index (χ1n) is 6.33. The van der Waals surface area contributed by atoms with E-state index in [0.717, 1.165) is 17.1 Å². The molecule has 0 aliphatic rings. The zero-order chi connectivity index (χ0) is 13.9. The van der Waals surface area contributed by atoms with Gasteiger partial charge in [0.05, 0.1) is 6.04 Å². The lowest BCUT2D eigenvalue weighted by molar-refractivity contribution is 0.843. The van der Waals surface area contributed by atoms with Crippen molar-refractivity contribution in [3.8, 4) is 0 Å². The van der Waals surface area contributed by atoms with Gasteiger partial charge in [0, 0.05) is 17.6 Å². The van der Waals surface area contributed by atoms with Crippen LogP contribution in [0.3, 0.4) is 0 Å². The molecule has 2 aromatic heterocycles. The van der Waals surface area contributed by atoms with Crippen LogP contribution in [0.5, 0.6) is 0 Å². The number of hydrogen-bond acceptors (Lipinski definition) is 4. The van der Waals surface area contributed by atoms with Crippen LogP contribution >= 0.6 is 11.6 Å². The molecule has 1 unspecified atom stereocenters. The number of aryl methyl sites for hydroxylation is 1. The van der Waals surface area contributed by atoms with E-state index < -0.39 is 0 Å². The quantitative estimate of drug-likeness (QED) is 0.750. The van der Waals surface area contributed by atoms with Gasteiger partial charge < -0.3 is 5.32 Å². The zero-order valence-corrected chi connectivity index (χ0v) is 11.7. The van der Waals surface area contributed by atoms with Crippen molar-refractivity contribution in [2.45, 2.75) is 13.0 Å². The van der Waals surface area contributed by atoms with Crippen molar-refractivity contribution in [1.82, 2.24) is 19.6 Å². The summed E-state index contributed by atoms with van der Waals surface area (Å²) in [5.41, 5.74) is 2.01. The Morgan fingerprint density at radius 2 is 2.10 bits per heavy atom.